The third kappa shape index (κ3) is 54.4. The molecule has 0 aromatic rings. The van der Waals surface area contributed by atoms with Gasteiger partial charge in [0, 0.05) is 19.3 Å². The van der Waals surface area contributed by atoms with E-state index >= 15 is 0 Å². The number of esters is 3. The average Bonchev–Trinajstić information content (AvgIpc) is 3.35. The zero-order chi connectivity index (χ0) is 50.0. The molecular formula is C63H100O6. The Bertz CT molecular complexity index is 1510. The average molecular weight is 953 g/mol. The SMILES string of the molecule is CC/C=C\C/C=C\C/C=C\C/C=C\C/C=C\C/C=C\CCCCCCCCCCC(=O)OCC(COC(=O)CCCCCCC/C=C\CCCC)OC(=O)CC/C=C\C/C=C\C/C=C\C/C=C\CC. The third-order valence-electron chi connectivity index (χ3n) is 11.1. The highest BCUT2D eigenvalue weighted by Crippen LogP contribution is 2.13. The molecule has 0 spiro atoms. The van der Waals surface area contributed by atoms with Gasteiger partial charge < -0.3 is 14.2 Å². The van der Waals surface area contributed by atoms with Crippen LogP contribution in [0.1, 0.15) is 226 Å². The minimum absolute atomic E-state index is 0.117. The molecule has 0 radical (unpaired) electrons. The summed E-state index contributed by atoms with van der Waals surface area (Å²) in [5.74, 6) is -1.03. The van der Waals surface area contributed by atoms with E-state index in [0.717, 1.165) is 122 Å². The van der Waals surface area contributed by atoms with E-state index in [9.17, 15) is 14.4 Å². The van der Waals surface area contributed by atoms with E-state index in [0.29, 0.717) is 19.3 Å². The van der Waals surface area contributed by atoms with E-state index in [4.69, 9.17) is 14.2 Å². The maximum Gasteiger partial charge on any atom is 0.306 e. The van der Waals surface area contributed by atoms with Gasteiger partial charge in [-0.1, -0.05) is 225 Å². The van der Waals surface area contributed by atoms with Crippen LogP contribution in [0, 0.1) is 0 Å². The van der Waals surface area contributed by atoms with Crippen LogP contribution in [0.3, 0.4) is 0 Å². The van der Waals surface area contributed by atoms with Gasteiger partial charge in [0.25, 0.3) is 0 Å². The normalized spacial score (nSPS) is 13.1. The van der Waals surface area contributed by atoms with Crippen LogP contribution in [0.25, 0.3) is 0 Å². The number of carbonyl (C=O) groups excluding carboxylic acids is 3. The Hall–Kier alpha value is -4.45. The highest BCUT2D eigenvalue weighted by molar-refractivity contribution is 5.71. The van der Waals surface area contributed by atoms with Gasteiger partial charge >= 0.3 is 17.9 Å². The molecule has 0 saturated heterocycles. The number of carbonyl (C=O) groups is 3. The van der Waals surface area contributed by atoms with Crippen molar-refractivity contribution in [1.82, 2.24) is 0 Å². The number of allylic oxidation sites excluding steroid dienone is 22. The van der Waals surface area contributed by atoms with E-state index in [1.807, 2.05) is 12.2 Å². The van der Waals surface area contributed by atoms with E-state index in [-0.39, 0.29) is 31.6 Å². The Kier molecular flexibility index (Phi) is 52.5. The van der Waals surface area contributed by atoms with E-state index in [1.54, 1.807) is 0 Å². The van der Waals surface area contributed by atoms with Gasteiger partial charge in [0.15, 0.2) is 6.10 Å². The smallest absolute Gasteiger partial charge is 0.306 e. The van der Waals surface area contributed by atoms with Gasteiger partial charge in [-0.15, -0.1) is 0 Å². The van der Waals surface area contributed by atoms with Gasteiger partial charge in [0.05, 0.1) is 0 Å². The minimum atomic E-state index is -0.826. The molecule has 0 aromatic carbocycles. The fraction of sp³-hybridized carbons (Fsp3) is 0.603. The highest BCUT2D eigenvalue weighted by Gasteiger charge is 2.19. The van der Waals surface area contributed by atoms with Crippen molar-refractivity contribution in [3.8, 4) is 0 Å². The van der Waals surface area contributed by atoms with Gasteiger partial charge in [-0.3, -0.25) is 14.4 Å². The monoisotopic (exact) mass is 953 g/mol. The first-order valence-electron chi connectivity index (χ1n) is 27.7. The van der Waals surface area contributed by atoms with Crippen molar-refractivity contribution in [1.29, 1.82) is 0 Å². The van der Waals surface area contributed by atoms with Crippen LogP contribution in [0.5, 0.6) is 0 Å². The lowest BCUT2D eigenvalue weighted by Gasteiger charge is -2.18. The first kappa shape index (κ1) is 64.5. The standard InChI is InChI=1S/C63H100O6/c1-4-7-10-13-16-19-22-24-25-26-27-28-29-30-31-32-33-34-35-36-37-39-41-44-47-50-53-56-62(65)68-59-60(58-67-61(64)55-52-49-46-43-40-21-18-15-12-9-6-3)69-63(66)57-54-51-48-45-42-38-23-20-17-14-11-8-5-2/h7-8,10-11,15-20,24-25,27-28,30-31,33-34,38,42,48,51,60H,4-6,9,12-14,21-23,26,29,32,35-37,39-41,43-47,49-50,52-59H2,1-3H3/b10-7-,11-8-,18-15-,19-16-,20-17-,25-24-,28-27-,31-30-,34-33-,42-38-,51-48-. The minimum Gasteiger partial charge on any atom is -0.462 e. The summed E-state index contributed by atoms with van der Waals surface area (Å²) in [4.78, 5) is 38.0. The Labute approximate surface area is 424 Å². The predicted octanol–water partition coefficient (Wildman–Crippen LogP) is 18.6. The van der Waals surface area contributed by atoms with Gasteiger partial charge in [-0.05, 0) is 116 Å². The molecule has 0 rings (SSSR count). The Morgan fingerprint density at radius 3 is 0.957 bits per heavy atom. The van der Waals surface area contributed by atoms with Crippen molar-refractivity contribution in [2.75, 3.05) is 13.2 Å². The molecule has 0 aliphatic carbocycles. The van der Waals surface area contributed by atoms with Crippen LogP contribution in [0.2, 0.25) is 0 Å². The van der Waals surface area contributed by atoms with Gasteiger partial charge in [-0.25, -0.2) is 0 Å². The second-order valence-electron chi connectivity index (χ2n) is 17.7. The number of unbranched alkanes of at least 4 members (excludes halogenated alkanes) is 15. The predicted molar refractivity (Wildman–Crippen MR) is 297 cm³/mol. The quantitative estimate of drug-likeness (QED) is 0.0262. The fourth-order valence-electron chi connectivity index (χ4n) is 7.03. The molecule has 0 bridgehead atoms. The van der Waals surface area contributed by atoms with Crippen molar-refractivity contribution in [3.63, 3.8) is 0 Å². The van der Waals surface area contributed by atoms with Crippen molar-refractivity contribution in [2.24, 2.45) is 0 Å². The van der Waals surface area contributed by atoms with Crippen LogP contribution in [-0.4, -0.2) is 37.2 Å². The Balaban J connectivity index is 4.35. The van der Waals surface area contributed by atoms with Crippen LogP contribution in [0.15, 0.2) is 134 Å². The van der Waals surface area contributed by atoms with Crippen molar-refractivity contribution < 1.29 is 28.6 Å². The fourth-order valence-corrected chi connectivity index (χ4v) is 7.03. The molecule has 69 heavy (non-hydrogen) atoms. The number of ether oxygens (including phenoxy) is 3. The summed E-state index contributed by atoms with van der Waals surface area (Å²) >= 11 is 0. The summed E-state index contributed by atoms with van der Waals surface area (Å²) in [6, 6.07) is 0. The highest BCUT2D eigenvalue weighted by atomic mass is 16.6. The number of hydrogen-bond donors (Lipinski definition) is 0. The van der Waals surface area contributed by atoms with Gasteiger partial charge in [0.1, 0.15) is 13.2 Å². The van der Waals surface area contributed by atoms with Gasteiger partial charge in [0.2, 0.25) is 0 Å². The van der Waals surface area contributed by atoms with E-state index in [2.05, 4.69) is 142 Å². The molecule has 0 fully saturated rings. The van der Waals surface area contributed by atoms with Crippen LogP contribution in [-0.2, 0) is 28.6 Å². The zero-order valence-electron chi connectivity index (χ0n) is 44.3. The van der Waals surface area contributed by atoms with Crippen molar-refractivity contribution >= 4 is 17.9 Å². The molecule has 388 valence electrons. The summed E-state index contributed by atoms with van der Waals surface area (Å²) in [6.07, 6.45) is 78.9. The third-order valence-corrected chi connectivity index (χ3v) is 11.1. The van der Waals surface area contributed by atoms with Crippen LogP contribution in [0.4, 0.5) is 0 Å². The molecular weight excluding hydrogens is 853 g/mol. The molecule has 0 saturated carbocycles. The first-order chi connectivity index (χ1) is 34.0. The van der Waals surface area contributed by atoms with Crippen molar-refractivity contribution in [3.05, 3.63) is 134 Å². The molecule has 1 unspecified atom stereocenters. The molecule has 0 aromatic heterocycles. The number of hydrogen-bond acceptors (Lipinski definition) is 6. The van der Waals surface area contributed by atoms with E-state index in [1.165, 1.54) is 57.8 Å². The summed E-state index contributed by atoms with van der Waals surface area (Å²) in [7, 11) is 0. The largest absolute Gasteiger partial charge is 0.462 e. The van der Waals surface area contributed by atoms with Gasteiger partial charge in [-0.2, -0.15) is 0 Å². The molecule has 0 heterocycles. The lowest BCUT2D eigenvalue weighted by molar-refractivity contribution is -0.166. The topological polar surface area (TPSA) is 78.9 Å². The first-order valence-corrected chi connectivity index (χ1v) is 27.7. The molecule has 0 N–H and O–H groups in total. The molecule has 0 aliphatic rings. The summed E-state index contributed by atoms with van der Waals surface area (Å²) in [5, 5.41) is 0. The lowest BCUT2D eigenvalue weighted by atomic mass is 10.1. The molecule has 6 nitrogen and oxygen atoms in total. The van der Waals surface area contributed by atoms with Crippen LogP contribution >= 0.6 is 0 Å². The second kappa shape index (κ2) is 56.1. The maximum absolute atomic E-state index is 12.8. The van der Waals surface area contributed by atoms with E-state index < -0.39 is 12.1 Å². The number of rotatable bonds is 48. The zero-order valence-corrected chi connectivity index (χ0v) is 44.3. The molecule has 0 aliphatic heterocycles. The van der Waals surface area contributed by atoms with Crippen molar-refractivity contribution in [2.45, 2.75) is 232 Å². The van der Waals surface area contributed by atoms with Crippen LogP contribution < -0.4 is 0 Å². The Morgan fingerprint density at radius 1 is 0.304 bits per heavy atom. The summed E-state index contributed by atoms with van der Waals surface area (Å²) in [5.41, 5.74) is 0. The molecule has 0 amide bonds. The molecule has 6 heteroatoms. The lowest BCUT2D eigenvalue weighted by Crippen LogP contribution is -2.30. The Morgan fingerprint density at radius 2 is 0.594 bits per heavy atom. The second-order valence-corrected chi connectivity index (χ2v) is 17.7. The summed E-state index contributed by atoms with van der Waals surface area (Å²) in [6.45, 7) is 6.27. The molecule has 1 atom stereocenters. The summed E-state index contributed by atoms with van der Waals surface area (Å²) < 4.78 is 16.7. The maximum atomic E-state index is 12.8.